The maximum Gasteiger partial charge on any atom is 0.306 e. The Kier molecular flexibility index (Phi) is 20.1. The van der Waals surface area contributed by atoms with E-state index in [2.05, 4.69) is 12.2 Å². The van der Waals surface area contributed by atoms with Crippen LogP contribution in [0.3, 0.4) is 0 Å². The van der Waals surface area contributed by atoms with Crippen LogP contribution in [0.25, 0.3) is 0 Å². The van der Waals surface area contributed by atoms with E-state index in [4.69, 9.17) is 24.7 Å². The molecule has 0 aliphatic carbocycles. The largest absolute Gasteiger partial charge is 0.497 e. The van der Waals surface area contributed by atoms with E-state index in [0.29, 0.717) is 17.9 Å². The third-order valence-electron chi connectivity index (χ3n) is 9.57. The Morgan fingerprint density at radius 3 is 1.57 bits per heavy atom. The fourth-order valence-corrected chi connectivity index (χ4v) is 6.52. The molecule has 3 aromatic carbocycles. The lowest BCUT2D eigenvalue weighted by molar-refractivity contribution is -0.155. The number of hydrogen-bond donors (Lipinski definition) is 2. The molecular formula is C44H62N2O7. The third-order valence-corrected chi connectivity index (χ3v) is 9.57. The molecule has 290 valence electrons. The maximum absolute atomic E-state index is 13.0. The van der Waals surface area contributed by atoms with Crippen molar-refractivity contribution in [3.8, 4) is 11.5 Å². The molecule has 0 saturated heterocycles. The number of methoxy groups -OCH3 is 2. The number of carbonyl (C=O) groups is 3. The van der Waals surface area contributed by atoms with E-state index in [1.165, 1.54) is 64.2 Å². The number of esters is 1. The molecule has 0 aromatic heterocycles. The van der Waals surface area contributed by atoms with Gasteiger partial charge in [0.05, 0.1) is 33.8 Å². The summed E-state index contributed by atoms with van der Waals surface area (Å²) in [6, 6.07) is 25.1. The van der Waals surface area contributed by atoms with Crippen LogP contribution in [0.5, 0.6) is 11.5 Å². The first-order valence-corrected chi connectivity index (χ1v) is 19.5. The van der Waals surface area contributed by atoms with E-state index < -0.39 is 23.6 Å². The van der Waals surface area contributed by atoms with Crippen LogP contribution in [-0.4, -0.2) is 51.3 Å². The average Bonchev–Trinajstić information content (AvgIpc) is 3.18. The molecule has 2 amide bonds. The predicted octanol–water partition coefficient (Wildman–Crippen LogP) is 8.79. The molecule has 0 radical (unpaired) electrons. The van der Waals surface area contributed by atoms with E-state index in [9.17, 15) is 14.4 Å². The second kappa shape index (κ2) is 24.8. The number of unbranched alkanes of at least 4 members (excludes halogenated alkanes) is 12. The number of nitrogens with one attached hydrogen (secondary N) is 1. The van der Waals surface area contributed by atoms with E-state index >= 15 is 0 Å². The van der Waals surface area contributed by atoms with Crippen molar-refractivity contribution >= 4 is 17.8 Å². The van der Waals surface area contributed by atoms with Crippen LogP contribution >= 0.6 is 0 Å². The summed E-state index contributed by atoms with van der Waals surface area (Å²) < 4.78 is 23.7. The second-order valence-corrected chi connectivity index (χ2v) is 13.7. The molecule has 0 bridgehead atoms. The Bertz CT molecular complexity index is 1410. The lowest BCUT2D eigenvalue weighted by Crippen LogP contribution is -2.41. The Hall–Kier alpha value is -4.37. The predicted molar refractivity (Wildman–Crippen MR) is 210 cm³/mol. The normalized spacial score (nSPS) is 11.8. The molecule has 0 heterocycles. The third kappa shape index (κ3) is 15.3. The van der Waals surface area contributed by atoms with Gasteiger partial charge < -0.3 is 30.0 Å². The molecule has 9 heteroatoms. The van der Waals surface area contributed by atoms with Crippen molar-refractivity contribution in [1.82, 2.24) is 5.32 Å². The molecule has 0 fully saturated rings. The molecule has 0 aliphatic rings. The zero-order chi connectivity index (χ0) is 38.2. The van der Waals surface area contributed by atoms with Gasteiger partial charge in [0.1, 0.15) is 23.2 Å². The lowest BCUT2D eigenvalue weighted by atomic mass is 9.80. The van der Waals surface area contributed by atoms with Gasteiger partial charge in [0.15, 0.2) is 0 Å². The molecule has 1 atom stereocenters. The van der Waals surface area contributed by atoms with E-state index in [-0.39, 0.29) is 31.9 Å². The molecule has 3 N–H and O–H groups in total. The van der Waals surface area contributed by atoms with Crippen LogP contribution in [0.4, 0.5) is 0 Å². The number of ether oxygens (including phenoxy) is 4. The van der Waals surface area contributed by atoms with Gasteiger partial charge in [0.2, 0.25) is 11.8 Å². The van der Waals surface area contributed by atoms with Crippen molar-refractivity contribution in [1.29, 1.82) is 0 Å². The average molecular weight is 731 g/mol. The number of primary amides is 1. The van der Waals surface area contributed by atoms with Gasteiger partial charge in [-0.2, -0.15) is 0 Å². The molecule has 9 nitrogen and oxygen atoms in total. The monoisotopic (exact) mass is 730 g/mol. The summed E-state index contributed by atoms with van der Waals surface area (Å²) in [6.07, 6.45) is 15.3. The Morgan fingerprint density at radius 1 is 0.623 bits per heavy atom. The summed E-state index contributed by atoms with van der Waals surface area (Å²) in [7, 11) is 3.23. The minimum atomic E-state index is -1.14. The van der Waals surface area contributed by atoms with Gasteiger partial charge in [-0.05, 0) is 47.4 Å². The first-order valence-electron chi connectivity index (χ1n) is 19.5. The number of hydrogen-bond acceptors (Lipinski definition) is 7. The molecule has 1 unspecified atom stereocenters. The molecule has 3 aromatic rings. The number of amides is 2. The summed E-state index contributed by atoms with van der Waals surface area (Å²) in [5.41, 5.74) is 6.64. The van der Waals surface area contributed by atoms with Crippen LogP contribution < -0.4 is 20.5 Å². The highest BCUT2D eigenvalue weighted by Crippen LogP contribution is 2.42. The fraction of sp³-hybridized carbons (Fsp3) is 0.523. The van der Waals surface area contributed by atoms with Gasteiger partial charge in [0, 0.05) is 12.8 Å². The summed E-state index contributed by atoms with van der Waals surface area (Å²) in [6.45, 7) is 2.24. The number of nitrogens with two attached hydrogens (primary N) is 1. The van der Waals surface area contributed by atoms with Gasteiger partial charge in [-0.15, -0.1) is 0 Å². The van der Waals surface area contributed by atoms with Crippen LogP contribution in [0, 0.1) is 0 Å². The Labute approximate surface area is 317 Å². The number of benzene rings is 3. The first kappa shape index (κ1) is 43.0. The Morgan fingerprint density at radius 2 is 1.09 bits per heavy atom. The summed E-state index contributed by atoms with van der Waals surface area (Å²) in [5.74, 6) is 0.0898. The summed E-state index contributed by atoms with van der Waals surface area (Å²) in [4.78, 5) is 37.2. The molecule has 0 saturated carbocycles. The van der Waals surface area contributed by atoms with Crippen molar-refractivity contribution in [3.63, 3.8) is 0 Å². The topological polar surface area (TPSA) is 126 Å². The molecule has 0 aliphatic heterocycles. The van der Waals surface area contributed by atoms with E-state index in [1.54, 1.807) is 14.2 Å². The van der Waals surface area contributed by atoms with Crippen molar-refractivity contribution in [2.24, 2.45) is 5.73 Å². The van der Waals surface area contributed by atoms with E-state index in [1.807, 2.05) is 78.9 Å². The van der Waals surface area contributed by atoms with Gasteiger partial charge in [-0.3, -0.25) is 14.4 Å². The van der Waals surface area contributed by atoms with Crippen LogP contribution in [0.1, 0.15) is 126 Å². The zero-order valence-electron chi connectivity index (χ0n) is 32.2. The minimum Gasteiger partial charge on any atom is -0.497 e. The highest BCUT2D eigenvalue weighted by molar-refractivity contribution is 5.80. The molecule has 3 rings (SSSR count). The molecular weight excluding hydrogens is 668 g/mol. The first-order chi connectivity index (χ1) is 25.8. The zero-order valence-corrected chi connectivity index (χ0v) is 32.2. The highest BCUT2D eigenvalue weighted by Gasteiger charge is 2.39. The van der Waals surface area contributed by atoms with Gasteiger partial charge in [-0.1, -0.05) is 139 Å². The van der Waals surface area contributed by atoms with Gasteiger partial charge in [0.25, 0.3) is 0 Å². The van der Waals surface area contributed by atoms with E-state index in [0.717, 1.165) is 36.0 Å². The van der Waals surface area contributed by atoms with Gasteiger partial charge in [-0.25, -0.2) is 0 Å². The van der Waals surface area contributed by atoms with Crippen molar-refractivity contribution in [2.45, 2.75) is 121 Å². The molecule has 53 heavy (non-hydrogen) atoms. The molecule has 0 spiro atoms. The SMILES string of the molecule is CCCCCCCCCCCCCCCC(=O)NCC(COC(c1ccccc1)(c1ccc(OC)cc1)c1ccc(OC)cc1)OC(=O)CCC(N)=O. The standard InChI is InChI=1S/C44H62N2O7/c1-4-5-6-7-8-9-10-11-12-13-14-15-19-22-42(48)46-33-40(53-43(49)32-31-41(45)47)34-52-44(35-20-17-16-18-21-35,36-23-27-38(50-2)28-24-36)37-25-29-39(51-3)30-26-37/h16-18,20-21,23-30,40H,4-15,19,22,31-34H2,1-3H3,(H2,45,47)(H,46,48). The van der Waals surface area contributed by atoms with Crippen LogP contribution in [-0.2, 0) is 29.5 Å². The van der Waals surface area contributed by atoms with Crippen molar-refractivity contribution in [3.05, 3.63) is 95.6 Å². The number of carbonyl (C=O) groups excluding carboxylic acids is 3. The second-order valence-electron chi connectivity index (χ2n) is 13.7. The van der Waals surface area contributed by atoms with Crippen molar-refractivity contribution < 1.29 is 33.3 Å². The summed E-state index contributed by atoms with van der Waals surface area (Å²) >= 11 is 0. The number of rotatable bonds is 28. The minimum absolute atomic E-state index is 0.0513. The van der Waals surface area contributed by atoms with Crippen LogP contribution in [0.2, 0.25) is 0 Å². The fourth-order valence-electron chi connectivity index (χ4n) is 6.52. The van der Waals surface area contributed by atoms with Gasteiger partial charge >= 0.3 is 5.97 Å². The summed E-state index contributed by atoms with van der Waals surface area (Å²) in [5, 5.41) is 2.96. The Balaban J connectivity index is 1.68. The van der Waals surface area contributed by atoms with Crippen LogP contribution in [0.15, 0.2) is 78.9 Å². The van der Waals surface area contributed by atoms with Crippen molar-refractivity contribution in [2.75, 3.05) is 27.4 Å². The maximum atomic E-state index is 13.0. The highest BCUT2D eigenvalue weighted by atomic mass is 16.6. The quantitative estimate of drug-likeness (QED) is 0.0435. The lowest BCUT2D eigenvalue weighted by Gasteiger charge is -2.37. The smallest absolute Gasteiger partial charge is 0.306 e.